The Kier molecular flexibility index (Phi) is 5.93. The monoisotopic (exact) mass is 416 g/mol. The van der Waals surface area contributed by atoms with Crippen LogP contribution in [0, 0.1) is 0 Å². The number of benzene rings is 3. The number of esters is 1. The number of fused-ring (bicyclic) bond motifs is 1. The molecule has 0 fully saturated rings. The smallest absolute Gasteiger partial charge is 0.326 e. The van der Waals surface area contributed by atoms with Crippen LogP contribution in [0.15, 0.2) is 78.9 Å². The van der Waals surface area contributed by atoms with E-state index in [0.29, 0.717) is 17.1 Å². The summed E-state index contributed by atoms with van der Waals surface area (Å²) in [5.74, 6) is -0.982. The second-order valence-corrected chi connectivity index (χ2v) is 6.86. The van der Waals surface area contributed by atoms with Gasteiger partial charge in [0.05, 0.1) is 5.69 Å². The number of ether oxygens (including phenoxy) is 2. The maximum Gasteiger partial charge on any atom is 0.326 e. The lowest BCUT2D eigenvalue weighted by atomic mass is 10.0. The number of nitrogens with one attached hydrogen (secondary N) is 1. The molecule has 1 heterocycles. The predicted octanol–water partition coefficient (Wildman–Crippen LogP) is 3.26. The summed E-state index contributed by atoms with van der Waals surface area (Å²) in [5, 5.41) is 2.78. The summed E-state index contributed by atoms with van der Waals surface area (Å²) in [6.07, 6.45) is 0. The van der Waals surface area contributed by atoms with E-state index in [4.69, 9.17) is 9.47 Å². The molecule has 0 unspecified atom stereocenters. The molecule has 7 nitrogen and oxygen atoms in total. The van der Waals surface area contributed by atoms with Gasteiger partial charge >= 0.3 is 5.97 Å². The standard InChI is InChI=1S/C24H20N2O5/c27-22(25-19-11-5-4-10-18(19)17-8-2-1-3-9-17)15-31-24(29)14-26-20-12-6-7-13-21(20)30-16-23(26)28/h1-13H,14-16H2,(H,25,27). The maximum atomic E-state index is 12.4. The van der Waals surface area contributed by atoms with E-state index in [9.17, 15) is 14.4 Å². The molecule has 1 aliphatic rings. The second-order valence-electron chi connectivity index (χ2n) is 6.86. The highest BCUT2D eigenvalue weighted by Gasteiger charge is 2.27. The molecule has 2 amide bonds. The second kappa shape index (κ2) is 9.13. The molecule has 31 heavy (non-hydrogen) atoms. The third-order valence-corrected chi connectivity index (χ3v) is 4.75. The Bertz CT molecular complexity index is 1110. The van der Waals surface area contributed by atoms with Crippen LogP contribution in [0.1, 0.15) is 0 Å². The molecule has 1 N–H and O–H groups in total. The Morgan fingerprint density at radius 1 is 0.935 bits per heavy atom. The van der Waals surface area contributed by atoms with Crippen LogP contribution >= 0.6 is 0 Å². The van der Waals surface area contributed by atoms with Crippen LogP contribution in [0.4, 0.5) is 11.4 Å². The van der Waals surface area contributed by atoms with E-state index in [1.165, 1.54) is 4.90 Å². The molecule has 7 heteroatoms. The first-order chi connectivity index (χ1) is 15.1. The molecule has 0 aromatic heterocycles. The van der Waals surface area contributed by atoms with Crippen LogP contribution in [0.3, 0.4) is 0 Å². The summed E-state index contributed by atoms with van der Waals surface area (Å²) in [5.41, 5.74) is 2.93. The van der Waals surface area contributed by atoms with Crippen LogP contribution < -0.4 is 15.0 Å². The minimum atomic E-state index is -0.684. The summed E-state index contributed by atoms with van der Waals surface area (Å²) in [6, 6.07) is 24.0. The summed E-state index contributed by atoms with van der Waals surface area (Å²) >= 11 is 0. The van der Waals surface area contributed by atoms with Crippen molar-refractivity contribution in [1.29, 1.82) is 0 Å². The highest BCUT2D eigenvalue weighted by atomic mass is 16.5. The predicted molar refractivity (Wildman–Crippen MR) is 116 cm³/mol. The molecule has 0 saturated heterocycles. The number of hydrogen-bond acceptors (Lipinski definition) is 5. The lowest BCUT2D eigenvalue weighted by molar-refractivity contribution is -0.146. The number of carbonyl (C=O) groups excluding carboxylic acids is 3. The molecule has 3 aromatic carbocycles. The first-order valence-corrected chi connectivity index (χ1v) is 9.74. The van der Waals surface area contributed by atoms with Crippen LogP contribution in [0.25, 0.3) is 11.1 Å². The molecular weight excluding hydrogens is 396 g/mol. The SMILES string of the molecule is O=C(COC(=O)CN1C(=O)COc2ccccc21)Nc1ccccc1-c1ccccc1. The van der Waals surface area contributed by atoms with Gasteiger partial charge in [-0.05, 0) is 23.8 Å². The molecule has 0 saturated carbocycles. The van der Waals surface area contributed by atoms with Crippen molar-refractivity contribution in [3.05, 3.63) is 78.9 Å². The fourth-order valence-corrected chi connectivity index (χ4v) is 3.30. The Morgan fingerprint density at radius 2 is 1.65 bits per heavy atom. The third-order valence-electron chi connectivity index (χ3n) is 4.75. The van der Waals surface area contributed by atoms with E-state index in [1.54, 1.807) is 30.3 Å². The highest BCUT2D eigenvalue weighted by molar-refractivity contribution is 6.02. The Hall–Kier alpha value is -4.13. The summed E-state index contributed by atoms with van der Waals surface area (Å²) in [6.45, 7) is -0.906. The van der Waals surface area contributed by atoms with Crippen LogP contribution in [-0.2, 0) is 19.1 Å². The van der Waals surface area contributed by atoms with Gasteiger partial charge in [-0.15, -0.1) is 0 Å². The van der Waals surface area contributed by atoms with E-state index in [-0.39, 0.29) is 19.1 Å². The molecular formula is C24H20N2O5. The molecule has 0 atom stereocenters. The fraction of sp³-hybridized carbons (Fsp3) is 0.125. The quantitative estimate of drug-likeness (QED) is 0.624. The van der Waals surface area contributed by atoms with Crippen LogP contribution in [-0.4, -0.2) is 37.5 Å². The fourth-order valence-electron chi connectivity index (χ4n) is 3.30. The van der Waals surface area contributed by atoms with Gasteiger partial charge in [-0.25, -0.2) is 0 Å². The molecule has 0 spiro atoms. The van der Waals surface area contributed by atoms with Crippen molar-refractivity contribution >= 4 is 29.2 Å². The first kappa shape index (κ1) is 20.2. The van der Waals surface area contributed by atoms with Crippen LogP contribution in [0.5, 0.6) is 5.75 Å². The molecule has 0 radical (unpaired) electrons. The van der Waals surface area contributed by atoms with E-state index in [0.717, 1.165) is 11.1 Å². The van der Waals surface area contributed by atoms with Gasteiger partial charge in [0.2, 0.25) is 0 Å². The van der Waals surface area contributed by atoms with E-state index in [1.807, 2.05) is 48.5 Å². The molecule has 1 aliphatic heterocycles. The lowest BCUT2D eigenvalue weighted by Crippen LogP contribution is -2.42. The van der Waals surface area contributed by atoms with Crippen molar-refractivity contribution in [3.8, 4) is 16.9 Å². The third kappa shape index (κ3) is 4.72. The number of rotatable bonds is 6. The Morgan fingerprint density at radius 3 is 2.48 bits per heavy atom. The van der Waals surface area contributed by atoms with Crippen molar-refractivity contribution in [3.63, 3.8) is 0 Å². The van der Waals surface area contributed by atoms with Crippen molar-refractivity contribution in [1.82, 2.24) is 0 Å². The summed E-state index contributed by atoms with van der Waals surface area (Å²) in [7, 11) is 0. The largest absolute Gasteiger partial charge is 0.482 e. The number of amides is 2. The highest BCUT2D eigenvalue weighted by Crippen LogP contribution is 2.31. The van der Waals surface area contributed by atoms with Gasteiger partial charge in [0.15, 0.2) is 13.2 Å². The molecule has 0 aliphatic carbocycles. The zero-order chi connectivity index (χ0) is 21.6. The van der Waals surface area contributed by atoms with Crippen molar-refractivity contribution in [2.24, 2.45) is 0 Å². The number of carbonyl (C=O) groups is 3. The minimum absolute atomic E-state index is 0.152. The molecule has 156 valence electrons. The number of nitrogens with zero attached hydrogens (tertiary/aromatic N) is 1. The Labute approximate surface area is 179 Å². The zero-order valence-electron chi connectivity index (χ0n) is 16.6. The number of hydrogen-bond donors (Lipinski definition) is 1. The van der Waals surface area contributed by atoms with E-state index >= 15 is 0 Å². The first-order valence-electron chi connectivity index (χ1n) is 9.74. The summed E-state index contributed by atoms with van der Waals surface area (Å²) < 4.78 is 10.5. The van der Waals surface area contributed by atoms with Gasteiger partial charge in [0.25, 0.3) is 11.8 Å². The average molecular weight is 416 g/mol. The maximum absolute atomic E-state index is 12.4. The van der Waals surface area contributed by atoms with E-state index < -0.39 is 18.5 Å². The topological polar surface area (TPSA) is 84.9 Å². The molecule has 0 bridgehead atoms. The van der Waals surface area contributed by atoms with Gasteiger partial charge in [-0.1, -0.05) is 60.7 Å². The summed E-state index contributed by atoms with van der Waals surface area (Å²) in [4.78, 5) is 38.1. The lowest BCUT2D eigenvalue weighted by Gasteiger charge is -2.28. The molecule has 4 rings (SSSR count). The molecule has 3 aromatic rings. The van der Waals surface area contributed by atoms with Gasteiger partial charge in [-0.3, -0.25) is 19.3 Å². The minimum Gasteiger partial charge on any atom is -0.482 e. The Balaban J connectivity index is 1.36. The van der Waals surface area contributed by atoms with Gasteiger partial charge < -0.3 is 14.8 Å². The van der Waals surface area contributed by atoms with Gasteiger partial charge in [0, 0.05) is 11.3 Å². The van der Waals surface area contributed by atoms with Crippen molar-refractivity contribution in [2.75, 3.05) is 30.0 Å². The van der Waals surface area contributed by atoms with Crippen LogP contribution in [0.2, 0.25) is 0 Å². The normalized spacial score (nSPS) is 12.5. The van der Waals surface area contributed by atoms with Gasteiger partial charge in [-0.2, -0.15) is 0 Å². The zero-order valence-corrected chi connectivity index (χ0v) is 16.6. The van der Waals surface area contributed by atoms with E-state index in [2.05, 4.69) is 5.32 Å². The van der Waals surface area contributed by atoms with Crippen molar-refractivity contribution in [2.45, 2.75) is 0 Å². The van der Waals surface area contributed by atoms with Crippen molar-refractivity contribution < 1.29 is 23.9 Å². The number of anilines is 2. The number of para-hydroxylation sites is 3. The average Bonchev–Trinajstić information content (AvgIpc) is 2.80. The van der Waals surface area contributed by atoms with Gasteiger partial charge in [0.1, 0.15) is 12.3 Å².